The highest BCUT2D eigenvalue weighted by Gasteiger charge is 2.31. The van der Waals surface area contributed by atoms with E-state index in [9.17, 15) is 18.0 Å². The molecule has 2 N–H and O–H groups in total. The fraction of sp³-hybridized carbons (Fsp3) is 0.308. The maximum atomic E-state index is 12.1. The third-order valence-corrected chi connectivity index (χ3v) is 2.74. The molecule has 0 radical (unpaired) electrons. The first-order valence-electron chi connectivity index (χ1n) is 5.90. The van der Waals surface area contributed by atoms with E-state index in [0.717, 1.165) is 11.6 Å². The van der Waals surface area contributed by atoms with Crippen LogP contribution in [0, 0.1) is 0 Å². The molecule has 1 aromatic carbocycles. The van der Waals surface area contributed by atoms with Gasteiger partial charge in [-0.1, -0.05) is 18.2 Å². The summed E-state index contributed by atoms with van der Waals surface area (Å²) >= 11 is 0. The molecule has 2 rings (SSSR count). The molecule has 0 spiro atoms. The first-order chi connectivity index (χ1) is 9.33. The van der Waals surface area contributed by atoms with Gasteiger partial charge in [-0.3, -0.25) is 4.79 Å². The van der Waals surface area contributed by atoms with Gasteiger partial charge in [-0.2, -0.15) is 0 Å². The normalized spacial score (nSPS) is 18.9. The second-order valence-corrected chi connectivity index (χ2v) is 4.45. The van der Waals surface area contributed by atoms with E-state index in [0.29, 0.717) is 13.0 Å². The highest BCUT2D eigenvalue weighted by Crippen LogP contribution is 2.25. The lowest BCUT2D eigenvalue weighted by atomic mass is 10.1. The van der Waals surface area contributed by atoms with Crippen molar-refractivity contribution < 1.29 is 22.7 Å². The summed E-state index contributed by atoms with van der Waals surface area (Å²) in [7, 11) is 0. The number of halogens is 3. The average molecular weight is 286 g/mol. The molecule has 1 fully saturated rings. The van der Waals surface area contributed by atoms with Crippen LogP contribution in [-0.2, 0) is 4.79 Å². The fourth-order valence-corrected chi connectivity index (χ4v) is 1.89. The second kappa shape index (κ2) is 5.54. The van der Waals surface area contributed by atoms with Crippen LogP contribution in [0.3, 0.4) is 0 Å². The Morgan fingerprint density at radius 1 is 1.45 bits per heavy atom. The lowest BCUT2D eigenvalue weighted by molar-refractivity contribution is -0.274. The molecule has 1 atom stereocenters. The zero-order valence-corrected chi connectivity index (χ0v) is 10.5. The predicted molar refractivity (Wildman–Crippen MR) is 67.3 cm³/mol. The molecule has 1 aliphatic heterocycles. The van der Waals surface area contributed by atoms with Crippen molar-refractivity contribution in [1.29, 1.82) is 0 Å². The third kappa shape index (κ3) is 3.99. The van der Waals surface area contributed by atoms with Crippen LogP contribution in [0.15, 0.2) is 36.4 Å². The number of hydrogen-bond acceptors (Lipinski definition) is 3. The highest BCUT2D eigenvalue weighted by atomic mass is 19.4. The number of amides is 1. The quantitative estimate of drug-likeness (QED) is 0.839. The number of carbonyl (C=O) groups excluding carboxylic acids is 1. The van der Waals surface area contributed by atoms with E-state index in [2.05, 4.69) is 21.9 Å². The van der Waals surface area contributed by atoms with Crippen LogP contribution < -0.4 is 15.4 Å². The topological polar surface area (TPSA) is 50.4 Å². The van der Waals surface area contributed by atoms with Gasteiger partial charge < -0.3 is 15.4 Å². The Hall–Kier alpha value is -2.02. The first-order valence-corrected chi connectivity index (χ1v) is 5.90. The van der Waals surface area contributed by atoms with E-state index in [-0.39, 0.29) is 17.3 Å². The number of rotatable bonds is 3. The molecule has 1 aliphatic rings. The maximum Gasteiger partial charge on any atom is 0.573 e. The van der Waals surface area contributed by atoms with Crippen LogP contribution in [0.5, 0.6) is 5.75 Å². The maximum absolute atomic E-state index is 12.1. The van der Waals surface area contributed by atoms with Crippen molar-refractivity contribution in [2.45, 2.75) is 18.8 Å². The van der Waals surface area contributed by atoms with Gasteiger partial charge in [0.25, 0.3) is 0 Å². The number of ether oxygens (including phenoxy) is 1. The summed E-state index contributed by atoms with van der Waals surface area (Å²) in [6.45, 7) is 4.33. The second-order valence-electron chi connectivity index (χ2n) is 4.45. The van der Waals surface area contributed by atoms with Gasteiger partial charge >= 0.3 is 6.36 Å². The molecule has 0 unspecified atom stereocenters. The number of hydrogen-bond donors (Lipinski definition) is 2. The van der Waals surface area contributed by atoms with Gasteiger partial charge in [0.05, 0.1) is 6.04 Å². The predicted octanol–water partition coefficient (Wildman–Crippen LogP) is 2.44. The number of nitrogens with one attached hydrogen (secondary N) is 2. The van der Waals surface area contributed by atoms with Crippen molar-refractivity contribution in [3.05, 3.63) is 36.4 Å². The Kier molecular flexibility index (Phi) is 3.99. The minimum Gasteiger partial charge on any atom is -0.406 e. The van der Waals surface area contributed by atoms with E-state index in [1.165, 1.54) is 18.2 Å². The number of benzene rings is 1. The molecule has 1 amide bonds. The first kappa shape index (κ1) is 14.4. The van der Waals surface area contributed by atoms with Crippen molar-refractivity contribution in [2.75, 3.05) is 11.9 Å². The van der Waals surface area contributed by atoms with Gasteiger partial charge in [0, 0.05) is 18.3 Å². The minimum atomic E-state index is -4.76. The Morgan fingerprint density at radius 2 is 2.20 bits per heavy atom. The average Bonchev–Trinajstić information content (AvgIpc) is 2.74. The molecule has 4 nitrogen and oxygen atoms in total. The van der Waals surface area contributed by atoms with Crippen molar-refractivity contribution in [2.24, 2.45) is 0 Å². The standard InChI is InChI=1S/C13H13F3N2O2/c1-8-5-11(17-7-8)12(19)18-9-3-2-4-10(6-9)20-13(14,15)16/h2-4,6,11,17H,1,5,7H2,(H,18,19)/t11-/m0/s1. The van der Waals surface area contributed by atoms with Gasteiger partial charge in [-0.05, 0) is 18.6 Å². The molecule has 0 aromatic heterocycles. The van der Waals surface area contributed by atoms with Crippen molar-refractivity contribution in [3.63, 3.8) is 0 Å². The molecule has 0 bridgehead atoms. The fourth-order valence-electron chi connectivity index (χ4n) is 1.89. The van der Waals surface area contributed by atoms with Crippen molar-refractivity contribution in [1.82, 2.24) is 5.32 Å². The molecule has 20 heavy (non-hydrogen) atoms. The smallest absolute Gasteiger partial charge is 0.406 e. The van der Waals surface area contributed by atoms with Crippen molar-refractivity contribution >= 4 is 11.6 Å². The highest BCUT2D eigenvalue weighted by molar-refractivity contribution is 5.95. The molecular formula is C13H13F3N2O2. The van der Waals surface area contributed by atoms with Gasteiger partial charge in [0.2, 0.25) is 5.91 Å². The summed E-state index contributed by atoms with van der Waals surface area (Å²) in [5, 5.41) is 5.50. The summed E-state index contributed by atoms with van der Waals surface area (Å²) < 4.78 is 40.1. The summed E-state index contributed by atoms with van der Waals surface area (Å²) in [6, 6.07) is 4.74. The monoisotopic (exact) mass is 286 g/mol. The van der Waals surface area contributed by atoms with Crippen LogP contribution in [0.4, 0.5) is 18.9 Å². The molecule has 7 heteroatoms. The van der Waals surface area contributed by atoms with E-state index in [1.54, 1.807) is 0 Å². The molecule has 1 saturated heterocycles. The number of anilines is 1. The zero-order chi connectivity index (χ0) is 14.8. The van der Waals surface area contributed by atoms with Crippen LogP contribution in [0.2, 0.25) is 0 Å². The van der Waals surface area contributed by atoms with Crippen LogP contribution in [0.25, 0.3) is 0 Å². The van der Waals surface area contributed by atoms with Crippen LogP contribution >= 0.6 is 0 Å². The minimum absolute atomic E-state index is 0.246. The van der Waals surface area contributed by atoms with Crippen LogP contribution in [-0.4, -0.2) is 24.9 Å². The summed E-state index contributed by atoms with van der Waals surface area (Å²) in [4.78, 5) is 11.9. The third-order valence-electron chi connectivity index (χ3n) is 2.74. The van der Waals surface area contributed by atoms with Gasteiger partial charge in [0.15, 0.2) is 0 Å². The Morgan fingerprint density at radius 3 is 2.80 bits per heavy atom. The lowest BCUT2D eigenvalue weighted by Crippen LogP contribution is -2.35. The van der Waals surface area contributed by atoms with Crippen molar-refractivity contribution in [3.8, 4) is 5.75 Å². The van der Waals surface area contributed by atoms with Gasteiger partial charge in [0.1, 0.15) is 5.75 Å². The zero-order valence-electron chi connectivity index (χ0n) is 10.5. The number of carbonyl (C=O) groups is 1. The van der Waals surface area contributed by atoms with E-state index < -0.39 is 12.4 Å². The van der Waals surface area contributed by atoms with Crippen LogP contribution in [0.1, 0.15) is 6.42 Å². The molecule has 0 saturated carbocycles. The summed E-state index contributed by atoms with van der Waals surface area (Å²) in [5.41, 5.74) is 1.16. The Balaban J connectivity index is 2.01. The largest absolute Gasteiger partial charge is 0.573 e. The molecule has 0 aliphatic carbocycles. The Bertz CT molecular complexity index is 529. The van der Waals surface area contributed by atoms with E-state index >= 15 is 0 Å². The van der Waals surface area contributed by atoms with Gasteiger partial charge in [-0.25, -0.2) is 0 Å². The van der Waals surface area contributed by atoms with E-state index in [4.69, 9.17) is 0 Å². The lowest BCUT2D eigenvalue weighted by Gasteiger charge is -2.13. The van der Waals surface area contributed by atoms with Gasteiger partial charge in [-0.15, -0.1) is 13.2 Å². The Labute approximate surface area is 113 Å². The molecule has 1 heterocycles. The summed E-state index contributed by atoms with van der Waals surface area (Å²) in [5.74, 6) is -0.688. The molecule has 108 valence electrons. The number of alkyl halides is 3. The molecule has 1 aromatic rings. The summed E-state index contributed by atoms with van der Waals surface area (Å²) in [6.07, 6.45) is -4.24. The SMILES string of the molecule is C=C1CN[C@H](C(=O)Nc2cccc(OC(F)(F)F)c2)C1. The van der Waals surface area contributed by atoms with E-state index in [1.807, 2.05) is 0 Å². The molecular weight excluding hydrogens is 273 g/mol.